The molecule has 1 aromatic rings. The van der Waals surface area contributed by atoms with Gasteiger partial charge in [-0.1, -0.05) is 0 Å². The van der Waals surface area contributed by atoms with Crippen LogP contribution in [0.5, 0.6) is 17.2 Å². The third-order valence-corrected chi connectivity index (χ3v) is 0.959. The summed E-state index contributed by atoms with van der Waals surface area (Å²) in [6.07, 6.45) is 0. The molecule has 1 rings (SSSR count). The minimum Gasteiger partial charge on any atom is -0.508 e. The molecule has 0 aliphatic carbocycles. The number of aromatic hydroxyl groups is 3. The molecule has 0 atom stereocenters. The molecule has 0 bridgehead atoms. The average Bonchev–Trinajstić information content (AvgIpc) is 1.80. The molecular formula is C6H6NaO3. The van der Waals surface area contributed by atoms with Gasteiger partial charge in [0.2, 0.25) is 0 Å². The van der Waals surface area contributed by atoms with Crippen LogP contribution in [0.25, 0.3) is 0 Å². The summed E-state index contributed by atoms with van der Waals surface area (Å²) in [6.45, 7) is 0. The maximum atomic E-state index is 8.69. The van der Waals surface area contributed by atoms with Gasteiger partial charge in [-0.3, -0.25) is 0 Å². The van der Waals surface area contributed by atoms with Crippen molar-refractivity contribution in [1.29, 1.82) is 0 Å². The van der Waals surface area contributed by atoms with E-state index in [0.717, 1.165) is 6.07 Å². The standard InChI is InChI=1S/C6H6O3.Na/c7-4-1-2-5(8)6(9)3-4;/h1-3,7-9H;. The molecule has 0 aliphatic heterocycles. The minimum atomic E-state index is -0.310. The van der Waals surface area contributed by atoms with Gasteiger partial charge in [-0.15, -0.1) is 0 Å². The van der Waals surface area contributed by atoms with Crippen LogP contribution in [0.4, 0.5) is 0 Å². The zero-order valence-corrected chi connectivity index (χ0v) is 7.57. The van der Waals surface area contributed by atoms with Gasteiger partial charge in [0.05, 0.1) is 0 Å². The number of phenols is 3. The van der Waals surface area contributed by atoms with Crippen LogP contribution in [-0.4, -0.2) is 44.9 Å². The molecule has 4 heteroatoms. The Morgan fingerprint density at radius 3 is 1.90 bits per heavy atom. The Labute approximate surface area is 80.2 Å². The van der Waals surface area contributed by atoms with Crippen molar-refractivity contribution >= 4 is 29.6 Å². The van der Waals surface area contributed by atoms with Crippen molar-refractivity contribution in [3.05, 3.63) is 18.2 Å². The monoisotopic (exact) mass is 149 g/mol. The summed E-state index contributed by atoms with van der Waals surface area (Å²) in [5.41, 5.74) is 0. The van der Waals surface area contributed by atoms with Gasteiger partial charge in [-0.2, -0.15) is 0 Å². The summed E-state index contributed by atoms with van der Waals surface area (Å²) < 4.78 is 0. The molecule has 10 heavy (non-hydrogen) atoms. The molecule has 0 unspecified atom stereocenters. The molecular weight excluding hydrogens is 143 g/mol. The Balaban J connectivity index is 0.000000810. The van der Waals surface area contributed by atoms with Crippen molar-refractivity contribution < 1.29 is 15.3 Å². The summed E-state index contributed by atoms with van der Waals surface area (Å²) in [6, 6.07) is 3.56. The number of hydrogen-bond acceptors (Lipinski definition) is 3. The Kier molecular flexibility index (Phi) is 3.57. The Hall–Kier alpha value is -0.380. The van der Waals surface area contributed by atoms with Crippen LogP contribution >= 0.6 is 0 Å². The molecule has 0 saturated heterocycles. The average molecular weight is 149 g/mol. The zero-order valence-electron chi connectivity index (χ0n) is 5.57. The van der Waals surface area contributed by atoms with Gasteiger partial charge in [0.15, 0.2) is 11.5 Å². The summed E-state index contributed by atoms with van der Waals surface area (Å²) in [7, 11) is 0. The second-order valence-electron chi connectivity index (χ2n) is 1.67. The third-order valence-electron chi connectivity index (χ3n) is 0.959. The first-order valence-electron chi connectivity index (χ1n) is 2.41. The maximum absolute atomic E-state index is 8.69. The van der Waals surface area contributed by atoms with Crippen LogP contribution in [0, 0.1) is 0 Å². The Bertz CT molecular complexity index is 224. The largest absolute Gasteiger partial charge is 0.508 e. The van der Waals surface area contributed by atoms with E-state index in [9.17, 15) is 0 Å². The van der Waals surface area contributed by atoms with Gasteiger partial charge < -0.3 is 15.3 Å². The predicted octanol–water partition coefficient (Wildman–Crippen LogP) is 0.423. The normalized spacial score (nSPS) is 8.40. The summed E-state index contributed by atoms with van der Waals surface area (Å²) >= 11 is 0. The van der Waals surface area contributed by atoms with Crippen molar-refractivity contribution in [3.8, 4) is 17.2 Å². The van der Waals surface area contributed by atoms with E-state index in [4.69, 9.17) is 15.3 Å². The molecule has 0 fully saturated rings. The smallest absolute Gasteiger partial charge is 0.161 e. The molecule has 3 N–H and O–H groups in total. The van der Waals surface area contributed by atoms with Crippen molar-refractivity contribution in [1.82, 2.24) is 0 Å². The fourth-order valence-corrected chi connectivity index (χ4v) is 0.512. The van der Waals surface area contributed by atoms with Gasteiger partial charge in [0, 0.05) is 35.6 Å². The Morgan fingerprint density at radius 1 is 0.900 bits per heavy atom. The topological polar surface area (TPSA) is 60.7 Å². The molecule has 49 valence electrons. The molecule has 0 heterocycles. The summed E-state index contributed by atoms with van der Waals surface area (Å²) in [4.78, 5) is 0. The SMILES string of the molecule is Oc1ccc(O)c(O)c1.[Na]. The predicted molar refractivity (Wildman–Crippen MR) is 37.2 cm³/mol. The molecule has 0 saturated carbocycles. The second-order valence-corrected chi connectivity index (χ2v) is 1.67. The van der Waals surface area contributed by atoms with E-state index in [2.05, 4.69) is 0 Å². The van der Waals surface area contributed by atoms with E-state index in [0.29, 0.717) is 0 Å². The number of benzene rings is 1. The first-order valence-corrected chi connectivity index (χ1v) is 2.41. The third kappa shape index (κ3) is 2.10. The quantitative estimate of drug-likeness (QED) is 0.284. The van der Waals surface area contributed by atoms with Gasteiger partial charge in [-0.25, -0.2) is 0 Å². The van der Waals surface area contributed by atoms with E-state index >= 15 is 0 Å². The molecule has 3 nitrogen and oxygen atoms in total. The molecule has 1 aromatic carbocycles. The van der Waals surface area contributed by atoms with Crippen LogP contribution in [0.2, 0.25) is 0 Å². The Morgan fingerprint density at radius 2 is 1.50 bits per heavy atom. The van der Waals surface area contributed by atoms with E-state index in [-0.39, 0.29) is 46.8 Å². The van der Waals surface area contributed by atoms with Gasteiger partial charge >= 0.3 is 0 Å². The van der Waals surface area contributed by atoms with Crippen molar-refractivity contribution in [2.45, 2.75) is 0 Å². The van der Waals surface area contributed by atoms with E-state index in [1.54, 1.807) is 0 Å². The number of phenolic OH excluding ortho intramolecular Hbond substituents is 3. The van der Waals surface area contributed by atoms with Crippen LogP contribution < -0.4 is 0 Å². The molecule has 0 amide bonds. The second kappa shape index (κ2) is 3.71. The fourth-order valence-electron chi connectivity index (χ4n) is 0.512. The summed E-state index contributed by atoms with van der Waals surface area (Å²) in [5, 5.41) is 26.0. The van der Waals surface area contributed by atoms with Crippen LogP contribution in [0.1, 0.15) is 0 Å². The van der Waals surface area contributed by atoms with Gasteiger partial charge in [-0.05, 0) is 12.1 Å². The fraction of sp³-hybridized carbons (Fsp3) is 0. The van der Waals surface area contributed by atoms with Crippen molar-refractivity contribution in [2.75, 3.05) is 0 Å². The first kappa shape index (κ1) is 9.62. The van der Waals surface area contributed by atoms with E-state index in [1.807, 2.05) is 0 Å². The molecule has 0 aliphatic rings. The van der Waals surface area contributed by atoms with Gasteiger partial charge in [0.1, 0.15) is 5.75 Å². The van der Waals surface area contributed by atoms with Gasteiger partial charge in [0.25, 0.3) is 0 Å². The molecule has 0 spiro atoms. The van der Waals surface area contributed by atoms with Crippen LogP contribution in [-0.2, 0) is 0 Å². The zero-order chi connectivity index (χ0) is 6.85. The number of rotatable bonds is 0. The van der Waals surface area contributed by atoms with Crippen LogP contribution in [0.3, 0.4) is 0 Å². The van der Waals surface area contributed by atoms with Crippen molar-refractivity contribution in [3.63, 3.8) is 0 Å². The molecule has 1 radical (unpaired) electrons. The number of hydrogen-bond donors (Lipinski definition) is 3. The van der Waals surface area contributed by atoms with Crippen LogP contribution in [0.15, 0.2) is 18.2 Å². The van der Waals surface area contributed by atoms with Crippen molar-refractivity contribution in [2.24, 2.45) is 0 Å². The maximum Gasteiger partial charge on any atom is 0.161 e. The van der Waals surface area contributed by atoms with E-state index in [1.165, 1.54) is 12.1 Å². The summed E-state index contributed by atoms with van der Waals surface area (Å²) in [5.74, 6) is -0.604. The first-order chi connectivity index (χ1) is 4.20. The van der Waals surface area contributed by atoms with E-state index < -0.39 is 0 Å². The molecule has 0 aromatic heterocycles. The minimum absolute atomic E-state index is 0.